The van der Waals surface area contributed by atoms with Crippen LogP contribution in [-0.4, -0.2) is 9.72 Å². The predicted octanol–water partition coefficient (Wildman–Crippen LogP) is 4.92. The predicted molar refractivity (Wildman–Crippen MR) is 136 cm³/mol. The first-order valence-corrected chi connectivity index (χ1v) is 10.8. The Labute approximate surface area is 193 Å². The molecule has 0 radical (unpaired) electrons. The van der Waals surface area contributed by atoms with Crippen LogP contribution in [0, 0.1) is 6.92 Å². The van der Waals surface area contributed by atoms with Crippen LogP contribution < -0.4 is 21.4 Å². The van der Waals surface area contributed by atoms with E-state index in [0.29, 0.717) is 17.1 Å². The Balaban J connectivity index is 1.75. The average Bonchev–Trinajstić information content (AvgIpc) is 3.27. The molecule has 2 heterocycles. The Morgan fingerprint density at radius 1 is 1.09 bits per heavy atom. The van der Waals surface area contributed by atoms with Crippen LogP contribution in [0.2, 0.25) is 0 Å². The van der Waals surface area contributed by atoms with Gasteiger partial charge in [0.1, 0.15) is 0 Å². The third kappa shape index (κ3) is 4.58. The van der Waals surface area contributed by atoms with E-state index in [1.807, 2.05) is 93.6 Å². The molecule has 5 heteroatoms. The van der Waals surface area contributed by atoms with Crippen molar-refractivity contribution in [3.63, 3.8) is 0 Å². The summed E-state index contributed by atoms with van der Waals surface area (Å²) in [6.07, 6.45) is 3.94. The van der Waals surface area contributed by atoms with Gasteiger partial charge in [-0.2, -0.15) is 0 Å². The summed E-state index contributed by atoms with van der Waals surface area (Å²) < 4.78 is 7.17. The van der Waals surface area contributed by atoms with E-state index in [-0.39, 0.29) is 5.56 Å². The van der Waals surface area contributed by atoms with Crippen molar-refractivity contribution < 1.29 is 4.52 Å². The summed E-state index contributed by atoms with van der Waals surface area (Å²) >= 11 is 0. The molecular weight excluding hydrogens is 410 g/mol. The second kappa shape index (κ2) is 9.17. The molecule has 0 atom stereocenters. The third-order valence-electron chi connectivity index (χ3n) is 5.55. The van der Waals surface area contributed by atoms with Crippen molar-refractivity contribution in [2.75, 3.05) is 5.32 Å². The monoisotopic (exact) mass is 437 g/mol. The zero-order chi connectivity index (χ0) is 23.5. The van der Waals surface area contributed by atoms with E-state index < -0.39 is 0 Å². The number of rotatable bonds is 5. The van der Waals surface area contributed by atoms with Crippen molar-refractivity contribution in [1.82, 2.24) is 9.72 Å². The zero-order valence-corrected chi connectivity index (χ0v) is 19.3. The average molecular weight is 438 g/mol. The molecule has 0 aliphatic rings. The minimum atomic E-state index is -0.0545. The number of hydrogen-bond donors (Lipinski definition) is 1. The highest BCUT2D eigenvalue weighted by Gasteiger charge is 2.12. The number of allylic oxidation sites excluding steroid dienone is 1. The molecule has 0 spiro atoms. The number of nitrogens with one attached hydrogen (secondary N) is 1. The molecule has 2 aromatic heterocycles. The van der Waals surface area contributed by atoms with Gasteiger partial charge in [0.2, 0.25) is 0 Å². The van der Waals surface area contributed by atoms with Crippen molar-refractivity contribution in [3.8, 4) is 22.5 Å². The topological polar surface area (TPSA) is 60.1 Å². The van der Waals surface area contributed by atoms with Crippen LogP contribution in [0.4, 0.5) is 11.5 Å². The van der Waals surface area contributed by atoms with Gasteiger partial charge in [0, 0.05) is 29.9 Å². The van der Waals surface area contributed by atoms with Gasteiger partial charge in [0.15, 0.2) is 11.6 Å². The molecule has 0 saturated carbocycles. The van der Waals surface area contributed by atoms with Gasteiger partial charge >= 0.3 is 0 Å². The molecule has 0 amide bonds. The van der Waals surface area contributed by atoms with Crippen LogP contribution >= 0.6 is 0 Å². The van der Waals surface area contributed by atoms with Gasteiger partial charge in [0.25, 0.3) is 5.56 Å². The van der Waals surface area contributed by atoms with Crippen LogP contribution in [-0.2, 0) is 7.05 Å². The smallest absolute Gasteiger partial charge is 0.258 e. The van der Waals surface area contributed by atoms with Crippen LogP contribution in [0.5, 0.6) is 0 Å². The van der Waals surface area contributed by atoms with E-state index in [2.05, 4.69) is 17.1 Å². The van der Waals surface area contributed by atoms with Crippen molar-refractivity contribution in [2.24, 2.45) is 7.05 Å². The number of aryl methyl sites for hydroxylation is 1. The number of aromatic nitrogens is 2. The van der Waals surface area contributed by atoms with Crippen molar-refractivity contribution in [3.05, 3.63) is 99.3 Å². The second-order valence-electron chi connectivity index (χ2n) is 8.14. The first-order valence-electron chi connectivity index (χ1n) is 10.8. The quantitative estimate of drug-likeness (QED) is 0.482. The fourth-order valence-electron chi connectivity index (χ4n) is 3.82. The summed E-state index contributed by atoms with van der Waals surface area (Å²) in [4.78, 5) is 13.3. The normalized spacial score (nSPS) is 12.2. The minimum Gasteiger partial charge on any atom is -0.354 e. The number of hydrogen-bond acceptors (Lipinski definition) is 4. The molecule has 0 aliphatic carbocycles. The lowest BCUT2D eigenvalue weighted by atomic mass is 10.00. The molecule has 0 fully saturated rings. The molecule has 0 aliphatic heterocycles. The zero-order valence-electron chi connectivity index (χ0n) is 19.3. The molecule has 166 valence electrons. The lowest BCUT2D eigenvalue weighted by Gasteiger charge is -2.12. The van der Waals surface area contributed by atoms with Gasteiger partial charge in [-0.1, -0.05) is 59.8 Å². The van der Waals surface area contributed by atoms with Gasteiger partial charge in [-0.25, -0.2) is 0 Å². The summed E-state index contributed by atoms with van der Waals surface area (Å²) in [7, 11) is 1.80. The number of pyridine rings is 1. The van der Waals surface area contributed by atoms with E-state index in [9.17, 15) is 4.79 Å². The first kappa shape index (κ1) is 22.1. The Bertz CT molecular complexity index is 1510. The Kier molecular flexibility index (Phi) is 6.13. The molecule has 33 heavy (non-hydrogen) atoms. The summed E-state index contributed by atoms with van der Waals surface area (Å²) in [5.74, 6) is 1.29. The van der Waals surface area contributed by atoms with Crippen LogP contribution in [0.15, 0.2) is 82.1 Å². The summed E-state index contributed by atoms with van der Waals surface area (Å²) in [5, 5.41) is 9.27. The molecule has 4 aromatic rings. The van der Waals surface area contributed by atoms with E-state index in [0.717, 1.165) is 38.5 Å². The highest BCUT2D eigenvalue weighted by atomic mass is 16.5. The summed E-state index contributed by atoms with van der Waals surface area (Å²) in [5.41, 5.74) is 5.16. The lowest BCUT2D eigenvalue weighted by Crippen LogP contribution is -2.42. The van der Waals surface area contributed by atoms with Crippen LogP contribution in [0.25, 0.3) is 34.6 Å². The molecule has 4 rings (SSSR count). The SMILES string of the molecule is C=C(C)/C=c1\c(=CC)cc(-c2cc(Nc3cc(-c4ccccc4)on3)ccc2C)c(=O)n1C. The maximum Gasteiger partial charge on any atom is 0.258 e. The van der Waals surface area contributed by atoms with Crippen LogP contribution in [0.3, 0.4) is 0 Å². The third-order valence-corrected chi connectivity index (χ3v) is 5.55. The molecule has 0 saturated heterocycles. The number of nitrogens with zero attached hydrogens (tertiary/aromatic N) is 2. The Hall–Kier alpha value is -4.12. The number of anilines is 2. The van der Waals surface area contributed by atoms with Gasteiger partial charge in [0.05, 0.1) is 5.35 Å². The number of benzene rings is 2. The lowest BCUT2D eigenvalue weighted by molar-refractivity contribution is 0.435. The minimum absolute atomic E-state index is 0.0545. The van der Waals surface area contributed by atoms with Gasteiger partial charge in [-0.15, -0.1) is 0 Å². The molecular formula is C28H27N3O2. The Morgan fingerprint density at radius 2 is 1.85 bits per heavy atom. The standard InChI is InChI=1S/C28H27N3O2/c1-6-20-15-24(28(32)31(5)25(20)14-18(2)3)23-16-22(13-12-19(23)4)29-27-17-26(33-30-27)21-10-8-7-9-11-21/h6-17H,2H2,1,3-5H3,(H,29,30)/b20-6?,25-14+. The van der Waals surface area contributed by atoms with Crippen molar-refractivity contribution in [1.29, 1.82) is 0 Å². The fraction of sp³-hybridized carbons (Fsp3) is 0.143. The molecule has 0 unspecified atom stereocenters. The van der Waals surface area contributed by atoms with Crippen molar-refractivity contribution in [2.45, 2.75) is 20.8 Å². The largest absolute Gasteiger partial charge is 0.354 e. The van der Waals surface area contributed by atoms with Gasteiger partial charge in [-0.05, 0) is 61.4 Å². The van der Waals surface area contributed by atoms with E-state index >= 15 is 0 Å². The van der Waals surface area contributed by atoms with E-state index in [1.54, 1.807) is 11.6 Å². The fourth-order valence-corrected chi connectivity index (χ4v) is 3.82. The first-order chi connectivity index (χ1) is 15.9. The van der Waals surface area contributed by atoms with Gasteiger partial charge < -0.3 is 14.4 Å². The summed E-state index contributed by atoms with van der Waals surface area (Å²) in [6.45, 7) is 9.85. The van der Waals surface area contributed by atoms with E-state index in [4.69, 9.17) is 4.52 Å². The Morgan fingerprint density at radius 3 is 2.55 bits per heavy atom. The highest BCUT2D eigenvalue weighted by molar-refractivity contribution is 5.73. The maximum atomic E-state index is 13.3. The maximum absolute atomic E-state index is 13.3. The van der Waals surface area contributed by atoms with Gasteiger partial charge in [-0.3, -0.25) is 4.79 Å². The van der Waals surface area contributed by atoms with Crippen molar-refractivity contribution >= 4 is 23.7 Å². The highest BCUT2D eigenvalue weighted by Crippen LogP contribution is 2.27. The molecule has 1 N–H and O–H groups in total. The molecule has 5 nitrogen and oxygen atoms in total. The van der Waals surface area contributed by atoms with E-state index in [1.165, 1.54) is 0 Å². The molecule has 0 bridgehead atoms. The van der Waals surface area contributed by atoms with Crippen LogP contribution in [0.1, 0.15) is 19.4 Å². The summed E-state index contributed by atoms with van der Waals surface area (Å²) in [6, 6.07) is 19.6. The molecule has 2 aromatic carbocycles. The second-order valence-corrected chi connectivity index (χ2v) is 8.14.